The van der Waals surface area contributed by atoms with Crippen molar-refractivity contribution in [2.45, 2.75) is 13.8 Å². The van der Waals surface area contributed by atoms with Gasteiger partial charge in [-0.05, 0) is 13.0 Å². The van der Waals surface area contributed by atoms with Crippen LogP contribution in [0.2, 0.25) is 0 Å². The molecule has 0 amide bonds. The van der Waals surface area contributed by atoms with Gasteiger partial charge in [-0.3, -0.25) is 4.79 Å². The third-order valence-corrected chi connectivity index (χ3v) is 2.80. The van der Waals surface area contributed by atoms with Gasteiger partial charge in [0.25, 0.3) is 0 Å². The number of aromatic nitrogens is 2. The van der Waals surface area contributed by atoms with Crippen molar-refractivity contribution in [2.24, 2.45) is 11.7 Å². The summed E-state index contributed by atoms with van der Waals surface area (Å²) in [7, 11) is 3.17. The predicted octanol–water partition coefficient (Wildman–Crippen LogP) is 0.665. The maximum Gasteiger partial charge on any atom is 0.310 e. The van der Waals surface area contributed by atoms with E-state index >= 15 is 0 Å². The lowest BCUT2D eigenvalue weighted by Crippen LogP contribution is -2.31. The molecule has 0 bridgehead atoms. The Balaban J connectivity index is 2.90. The summed E-state index contributed by atoms with van der Waals surface area (Å²) in [4.78, 5) is 22.0. The summed E-state index contributed by atoms with van der Waals surface area (Å²) in [5, 5.41) is 0. The molecule has 0 radical (unpaired) electrons. The lowest BCUT2D eigenvalue weighted by molar-refractivity contribution is -0.144. The van der Waals surface area contributed by atoms with Gasteiger partial charge in [0.05, 0.1) is 13.0 Å². The summed E-state index contributed by atoms with van der Waals surface area (Å²) in [6.45, 7) is 4.07. The van der Waals surface area contributed by atoms with Crippen LogP contribution in [0, 0.1) is 12.8 Å². The van der Waals surface area contributed by atoms with Crippen molar-refractivity contribution in [1.82, 2.24) is 9.97 Å². The summed E-state index contributed by atoms with van der Waals surface area (Å²) in [6, 6.07) is 1.73. The van der Waals surface area contributed by atoms with Crippen molar-refractivity contribution in [3.63, 3.8) is 0 Å². The molecule has 0 saturated carbocycles. The Morgan fingerprint density at radius 2 is 2.21 bits per heavy atom. The average Bonchev–Trinajstić information content (AvgIpc) is 2.36. The van der Waals surface area contributed by atoms with Crippen LogP contribution >= 0.6 is 12.2 Å². The number of thiocarbonyl (C=S) groups is 1. The second-order valence-electron chi connectivity index (χ2n) is 4.36. The maximum atomic E-state index is 11.4. The zero-order chi connectivity index (χ0) is 14.6. The number of nitrogens with zero attached hydrogens (tertiary/aromatic N) is 3. The van der Waals surface area contributed by atoms with Crippen molar-refractivity contribution in [3.8, 4) is 0 Å². The van der Waals surface area contributed by atoms with Gasteiger partial charge in [0.2, 0.25) is 5.95 Å². The number of carbonyl (C=O) groups is 1. The molecule has 1 aromatic heterocycles. The number of carbonyl (C=O) groups excluding carboxylic acids is 1. The molecule has 19 heavy (non-hydrogen) atoms. The highest BCUT2D eigenvalue weighted by Gasteiger charge is 2.17. The van der Waals surface area contributed by atoms with E-state index in [1.165, 1.54) is 7.11 Å². The Kier molecular flexibility index (Phi) is 5.17. The summed E-state index contributed by atoms with van der Waals surface area (Å²) in [6.07, 6.45) is 0. The summed E-state index contributed by atoms with van der Waals surface area (Å²) in [5.74, 6) is -0.0555. The van der Waals surface area contributed by atoms with Crippen molar-refractivity contribution in [2.75, 3.05) is 25.6 Å². The average molecular weight is 282 g/mol. The van der Waals surface area contributed by atoms with Crippen LogP contribution in [0.25, 0.3) is 0 Å². The fourth-order valence-electron chi connectivity index (χ4n) is 1.62. The van der Waals surface area contributed by atoms with Crippen LogP contribution in [0.3, 0.4) is 0 Å². The number of methoxy groups -OCH3 is 1. The highest BCUT2D eigenvalue weighted by Crippen LogP contribution is 2.11. The van der Waals surface area contributed by atoms with Crippen LogP contribution in [0.15, 0.2) is 6.07 Å². The van der Waals surface area contributed by atoms with Gasteiger partial charge >= 0.3 is 5.97 Å². The molecule has 0 spiro atoms. The minimum absolute atomic E-state index is 0.223. The lowest BCUT2D eigenvalue weighted by atomic mass is 10.2. The highest BCUT2D eigenvalue weighted by molar-refractivity contribution is 7.80. The van der Waals surface area contributed by atoms with Crippen molar-refractivity contribution in [1.29, 1.82) is 0 Å². The molecule has 1 unspecified atom stereocenters. The van der Waals surface area contributed by atoms with Gasteiger partial charge in [-0.2, -0.15) is 0 Å². The largest absolute Gasteiger partial charge is 0.469 e. The fraction of sp³-hybridized carbons (Fsp3) is 0.500. The monoisotopic (exact) mass is 282 g/mol. The Labute approximate surface area is 118 Å². The quantitative estimate of drug-likeness (QED) is 0.627. The summed E-state index contributed by atoms with van der Waals surface area (Å²) in [5.41, 5.74) is 6.86. The number of hydrogen-bond donors (Lipinski definition) is 1. The standard InChI is InChI=1S/C12H18N4O2S/c1-7(11(17)18-4)6-16(3)12-14-8(2)5-9(15-12)10(13)19/h5,7H,6H2,1-4H3,(H2,13,19). The third kappa shape index (κ3) is 4.13. The molecule has 0 fully saturated rings. The normalized spacial score (nSPS) is 11.8. The molecule has 0 saturated heterocycles. The number of ether oxygens (including phenoxy) is 1. The molecule has 1 atom stereocenters. The van der Waals surface area contributed by atoms with Crippen LogP contribution in [-0.2, 0) is 9.53 Å². The topological polar surface area (TPSA) is 81.3 Å². The van der Waals surface area contributed by atoms with E-state index in [4.69, 9.17) is 18.0 Å². The molecule has 2 N–H and O–H groups in total. The van der Waals surface area contributed by atoms with Gasteiger partial charge in [-0.15, -0.1) is 0 Å². The van der Waals surface area contributed by atoms with Crippen LogP contribution in [0.4, 0.5) is 5.95 Å². The summed E-state index contributed by atoms with van der Waals surface area (Å²) >= 11 is 4.91. The van der Waals surface area contributed by atoms with Crippen LogP contribution in [-0.4, -0.2) is 41.6 Å². The van der Waals surface area contributed by atoms with E-state index in [1.54, 1.807) is 24.9 Å². The molecule has 7 heteroatoms. The predicted molar refractivity (Wildman–Crippen MR) is 77.1 cm³/mol. The van der Waals surface area contributed by atoms with E-state index in [1.807, 2.05) is 6.92 Å². The zero-order valence-corrected chi connectivity index (χ0v) is 12.3. The molecule has 1 heterocycles. The van der Waals surface area contributed by atoms with Gasteiger partial charge in [0, 0.05) is 19.3 Å². The molecule has 0 aliphatic rings. The van der Waals surface area contributed by atoms with E-state index in [0.29, 0.717) is 18.2 Å². The molecule has 1 aromatic rings. The van der Waals surface area contributed by atoms with Gasteiger partial charge in [-0.1, -0.05) is 19.1 Å². The van der Waals surface area contributed by atoms with Crippen LogP contribution in [0.1, 0.15) is 18.3 Å². The first-order valence-corrected chi connectivity index (χ1v) is 6.20. The van der Waals surface area contributed by atoms with Gasteiger partial charge in [0.15, 0.2) is 0 Å². The van der Waals surface area contributed by atoms with Crippen LogP contribution in [0.5, 0.6) is 0 Å². The Morgan fingerprint density at radius 3 is 2.74 bits per heavy atom. The Morgan fingerprint density at radius 1 is 1.58 bits per heavy atom. The molecule has 6 nitrogen and oxygen atoms in total. The SMILES string of the molecule is COC(=O)C(C)CN(C)c1nc(C)cc(C(N)=S)n1. The number of esters is 1. The first kappa shape index (κ1) is 15.3. The molecule has 104 valence electrons. The number of nitrogens with two attached hydrogens (primary N) is 1. The first-order chi connectivity index (χ1) is 8.85. The minimum atomic E-state index is -0.271. The highest BCUT2D eigenvalue weighted by atomic mass is 32.1. The number of anilines is 1. The van der Waals surface area contributed by atoms with Crippen molar-refractivity contribution in [3.05, 3.63) is 17.5 Å². The second kappa shape index (κ2) is 6.42. The number of hydrogen-bond acceptors (Lipinski definition) is 6. The maximum absolute atomic E-state index is 11.4. The third-order valence-electron chi connectivity index (χ3n) is 2.59. The fourth-order valence-corrected chi connectivity index (χ4v) is 1.72. The molecule has 1 rings (SSSR count). The van der Waals surface area contributed by atoms with E-state index in [2.05, 4.69) is 14.7 Å². The van der Waals surface area contributed by atoms with Gasteiger partial charge in [-0.25, -0.2) is 9.97 Å². The van der Waals surface area contributed by atoms with E-state index in [9.17, 15) is 4.79 Å². The summed E-state index contributed by atoms with van der Waals surface area (Å²) < 4.78 is 4.69. The molecular weight excluding hydrogens is 264 g/mol. The number of rotatable bonds is 5. The van der Waals surface area contributed by atoms with E-state index in [-0.39, 0.29) is 16.9 Å². The molecular formula is C12H18N4O2S. The number of aryl methyl sites for hydroxylation is 1. The smallest absolute Gasteiger partial charge is 0.310 e. The van der Waals surface area contributed by atoms with Crippen molar-refractivity contribution < 1.29 is 9.53 Å². The van der Waals surface area contributed by atoms with Gasteiger partial charge in [0.1, 0.15) is 10.7 Å². The molecule has 0 aliphatic carbocycles. The minimum Gasteiger partial charge on any atom is -0.469 e. The Hall–Kier alpha value is -1.76. The lowest BCUT2D eigenvalue weighted by Gasteiger charge is -2.20. The first-order valence-electron chi connectivity index (χ1n) is 5.79. The van der Waals surface area contributed by atoms with Crippen molar-refractivity contribution >= 4 is 29.1 Å². The molecule has 0 aromatic carbocycles. The van der Waals surface area contributed by atoms with Crippen LogP contribution < -0.4 is 10.6 Å². The van der Waals surface area contributed by atoms with Gasteiger partial charge < -0.3 is 15.4 Å². The van der Waals surface area contributed by atoms with E-state index in [0.717, 1.165) is 5.69 Å². The zero-order valence-electron chi connectivity index (χ0n) is 11.5. The Bertz CT molecular complexity index is 493. The second-order valence-corrected chi connectivity index (χ2v) is 4.80. The van der Waals surface area contributed by atoms with E-state index < -0.39 is 0 Å². The molecule has 0 aliphatic heterocycles.